The van der Waals surface area contributed by atoms with Crippen LogP contribution >= 0.6 is 0 Å². The molecule has 0 amide bonds. The molecule has 6 nitrogen and oxygen atoms in total. The summed E-state index contributed by atoms with van der Waals surface area (Å²) in [5.41, 5.74) is 0.872. The van der Waals surface area contributed by atoms with Gasteiger partial charge in [-0.1, -0.05) is 17.3 Å². The molecule has 0 aliphatic heterocycles. The molecule has 1 heterocycles. The summed E-state index contributed by atoms with van der Waals surface area (Å²) in [5, 5.41) is 6.93. The Bertz CT molecular complexity index is 745. The van der Waals surface area contributed by atoms with Gasteiger partial charge in [0.1, 0.15) is 0 Å². The molecule has 1 unspecified atom stereocenters. The maximum atomic E-state index is 12.4. The van der Waals surface area contributed by atoms with Crippen molar-refractivity contribution in [3.8, 4) is 11.5 Å². The van der Waals surface area contributed by atoms with E-state index in [2.05, 4.69) is 15.5 Å². The molecule has 0 saturated heterocycles. The summed E-state index contributed by atoms with van der Waals surface area (Å²) in [6.45, 7) is 1.98. The van der Waals surface area contributed by atoms with Crippen LogP contribution < -0.4 is 5.32 Å². The Morgan fingerprint density at radius 3 is 2.48 bits per heavy atom. The van der Waals surface area contributed by atoms with Gasteiger partial charge in [0, 0.05) is 18.0 Å². The smallest absolute Gasteiger partial charge is 0.334 e. The summed E-state index contributed by atoms with van der Waals surface area (Å²) in [6, 6.07) is 6.23. The van der Waals surface area contributed by atoms with Gasteiger partial charge in [0.05, 0.1) is 5.75 Å². The Balaban J connectivity index is 2.11. The second-order valence-electron chi connectivity index (χ2n) is 5.17. The molecule has 2 aromatic rings. The average molecular weight is 345 g/mol. The van der Waals surface area contributed by atoms with Crippen molar-refractivity contribution >= 4 is 9.84 Å². The van der Waals surface area contributed by atoms with Crippen molar-refractivity contribution < 1.29 is 21.7 Å². The first kappa shape index (κ1) is 17.5. The Hall–Kier alpha value is -1.87. The minimum atomic E-state index is -4.43. The van der Waals surface area contributed by atoms with E-state index < -0.39 is 21.3 Å². The van der Waals surface area contributed by atoms with E-state index in [9.17, 15) is 17.2 Å². The number of hydrogen-bond donors (Lipinski definition) is 1. The van der Waals surface area contributed by atoms with Crippen molar-refractivity contribution in [1.82, 2.24) is 15.5 Å². The molecule has 1 aromatic heterocycles. The van der Waals surface area contributed by atoms with E-state index in [0.29, 0.717) is 23.7 Å². The summed E-state index contributed by atoms with van der Waals surface area (Å²) < 4.78 is 52.2. The normalized spacial score (nSPS) is 13.4. The van der Waals surface area contributed by atoms with E-state index in [1.54, 1.807) is 12.1 Å². The van der Waals surface area contributed by atoms with Gasteiger partial charge in [0.15, 0.2) is 5.82 Å². The topological polar surface area (TPSA) is 85.1 Å². The first-order valence-corrected chi connectivity index (χ1v) is 8.62. The Morgan fingerprint density at radius 2 is 1.91 bits per heavy atom. The van der Waals surface area contributed by atoms with Crippen LogP contribution in [0.15, 0.2) is 28.8 Å². The minimum Gasteiger partial charge on any atom is -0.334 e. The summed E-state index contributed by atoms with van der Waals surface area (Å²) >= 11 is 0. The minimum absolute atomic E-state index is 0.197. The van der Waals surface area contributed by atoms with Gasteiger partial charge >= 0.3 is 5.76 Å². The number of nitrogens with one attached hydrogen (secondary N) is 1. The van der Waals surface area contributed by atoms with Crippen molar-refractivity contribution in [2.75, 3.05) is 7.05 Å². The van der Waals surface area contributed by atoms with Crippen molar-refractivity contribution in [1.29, 1.82) is 0 Å². The molecule has 0 saturated carbocycles. The largest absolute Gasteiger partial charge is 0.337 e. The van der Waals surface area contributed by atoms with Crippen molar-refractivity contribution in [3.63, 3.8) is 0 Å². The SMILES string of the molecule is CNC(C)Cc1noc(-c2ccc(CS(=O)(=O)C(F)F)cc2)n1. The summed E-state index contributed by atoms with van der Waals surface area (Å²) in [7, 11) is -2.60. The van der Waals surface area contributed by atoms with E-state index in [1.807, 2.05) is 14.0 Å². The molecule has 1 N–H and O–H groups in total. The highest BCUT2D eigenvalue weighted by Gasteiger charge is 2.24. The zero-order chi connectivity index (χ0) is 17.0. The fourth-order valence-electron chi connectivity index (χ4n) is 1.87. The van der Waals surface area contributed by atoms with Gasteiger partial charge in [0.25, 0.3) is 5.89 Å². The van der Waals surface area contributed by atoms with Crippen LogP contribution in [0.1, 0.15) is 18.3 Å². The van der Waals surface area contributed by atoms with Crippen molar-refractivity contribution in [2.45, 2.75) is 30.9 Å². The van der Waals surface area contributed by atoms with Crippen LogP contribution in [-0.4, -0.2) is 37.4 Å². The number of sulfone groups is 1. The fraction of sp³-hybridized carbons (Fsp3) is 0.429. The Kier molecular flexibility index (Phi) is 5.42. The summed E-state index contributed by atoms with van der Waals surface area (Å²) in [5.74, 6) is -3.24. The number of aromatic nitrogens is 2. The van der Waals surface area contributed by atoms with Crippen molar-refractivity contribution in [2.24, 2.45) is 0 Å². The maximum Gasteiger partial charge on any atom is 0.337 e. The summed E-state index contributed by atoms with van der Waals surface area (Å²) in [6.07, 6.45) is 0.602. The Morgan fingerprint density at radius 1 is 1.26 bits per heavy atom. The lowest BCUT2D eigenvalue weighted by atomic mass is 10.1. The average Bonchev–Trinajstić information content (AvgIpc) is 2.95. The lowest BCUT2D eigenvalue weighted by molar-refractivity contribution is 0.234. The maximum absolute atomic E-state index is 12.4. The second-order valence-corrected chi connectivity index (χ2v) is 7.15. The molecule has 1 atom stereocenters. The molecule has 0 spiro atoms. The number of alkyl halides is 2. The molecule has 0 bridgehead atoms. The molecule has 0 fully saturated rings. The number of benzene rings is 1. The van der Waals surface area contributed by atoms with Gasteiger partial charge < -0.3 is 9.84 Å². The number of hydrogen-bond acceptors (Lipinski definition) is 6. The third-order valence-corrected chi connectivity index (χ3v) is 4.57. The first-order valence-electron chi connectivity index (χ1n) is 6.90. The monoisotopic (exact) mass is 345 g/mol. The van der Waals surface area contributed by atoms with Gasteiger partial charge in [-0.2, -0.15) is 13.8 Å². The molecule has 0 radical (unpaired) electrons. The van der Waals surface area contributed by atoms with Crippen LogP contribution in [0.4, 0.5) is 8.78 Å². The third kappa shape index (κ3) is 4.55. The molecule has 23 heavy (non-hydrogen) atoms. The van der Waals surface area contributed by atoms with E-state index >= 15 is 0 Å². The quantitative estimate of drug-likeness (QED) is 0.826. The molecule has 0 aliphatic rings. The first-order chi connectivity index (χ1) is 10.8. The molecular formula is C14H17F2N3O3S. The van der Waals surface area contributed by atoms with Crippen LogP contribution in [0, 0.1) is 0 Å². The number of rotatable bonds is 7. The van der Waals surface area contributed by atoms with E-state index in [-0.39, 0.29) is 11.6 Å². The standard InChI is InChI=1S/C14H17F2N3O3S/c1-9(17-2)7-12-18-13(22-19-12)11-5-3-10(4-6-11)8-23(20,21)14(15)16/h3-6,9,14,17H,7-8H2,1-2H3. The lowest BCUT2D eigenvalue weighted by Crippen LogP contribution is -2.24. The highest BCUT2D eigenvalue weighted by molar-refractivity contribution is 7.90. The van der Waals surface area contributed by atoms with Crippen LogP contribution in [-0.2, 0) is 22.0 Å². The summed E-state index contributed by atoms with van der Waals surface area (Å²) in [4.78, 5) is 4.24. The van der Waals surface area contributed by atoms with Crippen LogP contribution in [0.2, 0.25) is 0 Å². The van der Waals surface area contributed by atoms with Gasteiger partial charge in [0.2, 0.25) is 9.84 Å². The number of likely N-dealkylation sites (N-methyl/N-ethyl adjacent to an activating group) is 1. The van der Waals surface area contributed by atoms with Gasteiger partial charge in [-0.25, -0.2) is 8.42 Å². The number of halogens is 2. The molecular weight excluding hydrogens is 328 g/mol. The van der Waals surface area contributed by atoms with Crippen LogP contribution in [0.3, 0.4) is 0 Å². The zero-order valence-corrected chi connectivity index (χ0v) is 13.5. The molecule has 2 rings (SSSR count). The fourth-order valence-corrected chi connectivity index (χ4v) is 2.65. The lowest BCUT2D eigenvalue weighted by Gasteiger charge is -2.04. The highest BCUT2D eigenvalue weighted by atomic mass is 32.2. The van der Waals surface area contributed by atoms with E-state index in [4.69, 9.17) is 4.52 Å². The molecule has 0 aliphatic carbocycles. The molecule has 9 heteroatoms. The van der Waals surface area contributed by atoms with Gasteiger partial charge in [-0.05, 0) is 31.7 Å². The highest BCUT2D eigenvalue weighted by Crippen LogP contribution is 2.20. The molecule has 1 aromatic carbocycles. The van der Waals surface area contributed by atoms with Gasteiger partial charge in [-0.3, -0.25) is 0 Å². The predicted molar refractivity (Wildman–Crippen MR) is 80.6 cm³/mol. The third-order valence-electron chi connectivity index (χ3n) is 3.29. The Labute approximate surface area is 132 Å². The van der Waals surface area contributed by atoms with Crippen LogP contribution in [0.25, 0.3) is 11.5 Å². The second kappa shape index (κ2) is 7.14. The van der Waals surface area contributed by atoms with E-state index in [0.717, 1.165) is 0 Å². The van der Waals surface area contributed by atoms with E-state index in [1.165, 1.54) is 12.1 Å². The van der Waals surface area contributed by atoms with Gasteiger partial charge in [-0.15, -0.1) is 0 Å². The van der Waals surface area contributed by atoms with Crippen molar-refractivity contribution in [3.05, 3.63) is 35.7 Å². The predicted octanol–water partition coefficient (Wildman–Crippen LogP) is 2.02. The van der Waals surface area contributed by atoms with Crippen LogP contribution in [0.5, 0.6) is 0 Å². The zero-order valence-electron chi connectivity index (χ0n) is 12.7. The molecule has 126 valence electrons. The number of nitrogens with zero attached hydrogens (tertiary/aromatic N) is 2.